The summed E-state index contributed by atoms with van der Waals surface area (Å²) in [5.74, 6) is 0. The van der Waals surface area contributed by atoms with Crippen LogP contribution in [0, 0.1) is 0 Å². The molecule has 5 heterocycles. The first-order valence-corrected chi connectivity index (χ1v) is 53.4. The van der Waals surface area contributed by atoms with E-state index in [0.29, 0.717) is 89.9 Å². The summed E-state index contributed by atoms with van der Waals surface area (Å²) in [7, 11) is -43.6. The molecule has 12 nitrogen and oxygen atoms in total. The first-order valence-electron chi connectivity index (χ1n) is 31.5. The fourth-order valence-electron chi connectivity index (χ4n) is 15.6. The van der Waals surface area contributed by atoms with Crippen LogP contribution in [0.15, 0.2) is 0 Å². The van der Waals surface area contributed by atoms with Gasteiger partial charge in [-0.2, -0.15) is 39.5 Å². The van der Waals surface area contributed by atoms with E-state index in [1.54, 1.807) is 0 Å². The number of hydrogen-bond donors (Lipinski definition) is 0. The molecule has 5 aliphatic heterocycles. The van der Waals surface area contributed by atoms with E-state index < -0.39 is 163 Å². The molecule has 5 saturated heterocycles. The van der Waals surface area contributed by atoms with Gasteiger partial charge in [-0.05, 0) is 147 Å². The maximum Gasteiger partial charge on any atom is 0.482 e. The minimum Gasteiger partial charge on any atom is -0.416 e. The van der Waals surface area contributed by atoms with Gasteiger partial charge >= 0.3 is 80.2 Å². The van der Waals surface area contributed by atoms with Crippen molar-refractivity contribution in [1.82, 2.24) is 0 Å². The molecule has 0 aromatic carbocycles. The van der Waals surface area contributed by atoms with Gasteiger partial charge in [-0.25, -0.2) is 0 Å². The van der Waals surface area contributed by atoms with Crippen LogP contribution in [0.25, 0.3) is 0 Å². The predicted molar refractivity (Wildman–Crippen MR) is 308 cm³/mol. The average molecular weight is 1340 g/mol. The van der Waals surface area contributed by atoms with Gasteiger partial charge in [-0.3, -0.25) is 0 Å². The molecule has 0 spiro atoms. The molecule has 6 atom stereocenters. The van der Waals surface area contributed by atoms with Crippen LogP contribution >= 0.6 is 0 Å². The van der Waals surface area contributed by atoms with Crippen molar-refractivity contribution in [2.24, 2.45) is 0 Å². The molecule has 0 aromatic rings. The summed E-state index contributed by atoms with van der Waals surface area (Å²) in [5, 5.41) is 0. The van der Waals surface area contributed by atoms with Crippen molar-refractivity contribution in [2.75, 3.05) is 0 Å². The van der Waals surface area contributed by atoms with Gasteiger partial charge in [0.2, 0.25) is 0 Å². The number of fused-ring (bicyclic) bond motifs is 4. The average Bonchev–Trinajstić information content (AvgIpc) is 3.08. The Bertz CT molecular complexity index is 2010. The second-order valence-electron chi connectivity index (χ2n) is 27.9. The largest absolute Gasteiger partial charge is 0.482 e. The van der Waals surface area contributed by atoms with E-state index in [1.165, 1.54) is 0 Å². The zero-order valence-corrected chi connectivity index (χ0v) is 58.9. The quantitative estimate of drug-likeness (QED) is 0.0907. The molecule has 6 unspecified atom stereocenters. The molecule has 12 rings (SSSR count). The minimum atomic E-state index is -4.84. The van der Waals surface area contributed by atoms with Crippen LogP contribution in [-0.4, -0.2) is 105 Å². The first-order chi connectivity index (χ1) is 37.8. The number of alkyl halides is 9. The first kappa shape index (κ1) is 65.0. The van der Waals surface area contributed by atoms with E-state index in [4.69, 9.17) is 49.4 Å². The molecule has 0 radical (unpaired) electrons. The Balaban J connectivity index is 1.33. The van der Waals surface area contributed by atoms with Crippen molar-refractivity contribution >= 4 is 86.6 Å². The smallest absolute Gasteiger partial charge is 0.416 e. The predicted octanol–water partition coefficient (Wildman–Crippen LogP) is 17.9. The van der Waals surface area contributed by atoms with Gasteiger partial charge < -0.3 is 49.4 Å². The van der Waals surface area contributed by atoms with E-state index in [1.807, 2.05) is 39.3 Å². The van der Waals surface area contributed by atoms with Crippen molar-refractivity contribution in [3.8, 4) is 0 Å². The van der Waals surface area contributed by atoms with Crippen LogP contribution in [0.5, 0.6) is 0 Å². The lowest BCUT2D eigenvalue weighted by molar-refractivity contribution is -0.132. The molecular formula is C50H93F9O12Si10. The lowest BCUT2D eigenvalue weighted by Crippen LogP contribution is -2.86. The molecule has 12 fully saturated rings. The van der Waals surface area contributed by atoms with E-state index in [0.717, 1.165) is 89.9 Å². The monoisotopic (exact) mass is 1340 g/mol. The van der Waals surface area contributed by atoms with Gasteiger partial charge in [0.1, 0.15) is 0 Å². The van der Waals surface area contributed by atoms with Crippen LogP contribution in [0.1, 0.15) is 199 Å². The fourth-order valence-corrected chi connectivity index (χ4v) is 76.1. The summed E-state index contributed by atoms with van der Waals surface area (Å²) in [4.78, 5) is 0. The molecule has 468 valence electrons. The Labute approximate surface area is 486 Å². The molecule has 7 saturated carbocycles. The zero-order valence-electron chi connectivity index (χ0n) is 48.9. The Kier molecular flexibility index (Phi) is 19.6. The van der Waals surface area contributed by atoms with Crippen molar-refractivity contribution in [3.63, 3.8) is 0 Å². The normalized spacial score (nSPS) is 37.7. The van der Waals surface area contributed by atoms with Crippen molar-refractivity contribution in [1.29, 1.82) is 0 Å². The van der Waals surface area contributed by atoms with Crippen molar-refractivity contribution in [3.05, 3.63) is 0 Å². The molecule has 0 amide bonds. The molecule has 0 N–H and O–H groups in total. The van der Waals surface area contributed by atoms with Crippen LogP contribution in [0.2, 0.25) is 96.2 Å². The number of hydrogen-bond acceptors (Lipinski definition) is 12. The Morgan fingerprint density at radius 3 is 0.617 bits per heavy atom. The van der Waals surface area contributed by atoms with Gasteiger partial charge in [-0.15, -0.1) is 0 Å². The van der Waals surface area contributed by atoms with E-state index >= 15 is 0 Å². The molecule has 12 aliphatic rings. The summed E-state index contributed by atoms with van der Waals surface area (Å²) in [5.41, 5.74) is -3.10. The highest BCUT2D eigenvalue weighted by molar-refractivity contribution is 7.02. The summed E-state index contributed by atoms with van der Waals surface area (Å²) in [6.45, 7) is 10.9. The fraction of sp³-hybridized carbons (Fsp3) is 1.00. The highest BCUT2D eigenvalue weighted by Crippen LogP contribution is 2.64. The Morgan fingerprint density at radius 1 is 0.284 bits per heavy atom. The van der Waals surface area contributed by atoms with Crippen LogP contribution < -0.4 is 0 Å². The standard InChI is InChI=1S/C50H93F9O12Si10/c1-72(2,38-35-48(51,52)53)60-75(41-21-7-8-22-41)63-78(44-27-13-14-28-44)65-76(42-23-9-10-24-42,61-73(3,4)39-36-49(54,55)56)67-80(46-31-17-18-32-46)70-79(64-75,45-29-15-16-30-45)66-77(43-25-11-12-26-43,62-74(5,6)40-37-50(57,58)59)68-81(69-78,71-80)47-33-19-20-34-47/h41-47H,7-40H2,1-6H3. The Morgan fingerprint density at radius 2 is 0.444 bits per heavy atom. The maximum atomic E-state index is 14.7. The third kappa shape index (κ3) is 14.8. The summed E-state index contributed by atoms with van der Waals surface area (Å²) < 4.78 is 231. The second-order valence-corrected chi connectivity index (χ2v) is 64.0. The molecule has 4 bridgehead atoms. The summed E-state index contributed by atoms with van der Waals surface area (Å²) in [6.07, 6.45) is 2.56. The van der Waals surface area contributed by atoms with Crippen LogP contribution in [0.4, 0.5) is 39.5 Å². The van der Waals surface area contributed by atoms with Gasteiger partial charge in [-0.1, -0.05) is 89.9 Å². The molecule has 81 heavy (non-hydrogen) atoms. The molecule has 0 aromatic heterocycles. The molecule has 31 heteroatoms. The second kappa shape index (κ2) is 24.4. The summed E-state index contributed by atoms with van der Waals surface area (Å²) >= 11 is 0. The van der Waals surface area contributed by atoms with Crippen LogP contribution in [-0.2, 0) is 49.4 Å². The van der Waals surface area contributed by atoms with Crippen molar-refractivity contribution < 1.29 is 88.9 Å². The Hall–Kier alpha value is 1.06. The van der Waals surface area contributed by atoms with Gasteiger partial charge in [0.15, 0.2) is 25.0 Å². The maximum absolute atomic E-state index is 14.7. The third-order valence-corrected chi connectivity index (χ3v) is 65.8. The van der Waals surface area contributed by atoms with E-state index in [-0.39, 0.29) is 18.1 Å². The van der Waals surface area contributed by atoms with Crippen molar-refractivity contribution in [2.45, 2.75) is 314 Å². The molecule has 7 aliphatic carbocycles. The molecular weight excluding hydrogens is 1240 g/mol. The SMILES string of the molecule is C[Si](C)(CCC(F)(F)F)O[Si]1(C2CCCC2)O[Si]2(C3CCCC3)O[Si](O[Si](C)(C)CCC(F)(F)F)(C3CCCC3)O[Si]3(C4CCCC4)O[Si](C4CCCC4)(O1)O[Si](O[Si](C)(C)CCC(F)(F)F)(C1CCCC1)O[Si](C1CCCC1)(O2)O3. The van der Waals surface area contributed by atoms with Gasteiger partial charge in [0.25, 0.3) is 0 Å². The van der Waals surface area contributed by atoms with Crippen LogP contribution in [0.3, 0.4) is 0 Å². The minimum absolute atomic E-state index is 0.273. The third-order valence-electron chi connectivity index (χ3n) is 19.8. The topological polar surface area (TPSA) is 111 Å². The van der Waals surface area contributed by atoms with E-state index in [9.17, 15) is 39.5 Å². The number of halogens is 9. The van der Waals surface area contributed by atoms with Gasteiger partial charge in [0, 0.05) is 58.1 Å². The van der Waals surface area contributed by atoms with E-state index in [2.05, 4.69) is 0 Å². The zero-order chi connectivity index (χ0) is 58.1. The lowest BCUT2D eigenvalue weighted by Gasteiger charge is -2.63. The highest BCUT2D eigenvalue weighted by atomic mass is 28.6. The highest BCUT2D eigenvalue weighted by Gasteiger charge is 2.84. The summed E-state index contributed by atoms with van der Waals surface area (Å²) in [6, 6.07) is -0.845. The van der Waals surface area contributed by atoms with Gasteiger partial charge in [0.05, 0.1) is 0 Å². The number of rotatable bonds is 19. The lowest BCUT2D eigenvalue weighted by atomic mass is 10.4.